The molecule has 2 rings (SSSR count). The van der Waals surface area contributed by atoms with E-state index in [-0.39, 0.29) is 0 Å². The number of carboxylic acid groups (broad SMARTS) is 1. The van der Waals surface area contributed by atoms with E-state index in [2.05, 4.69) is 4.98 Å². The lowest BCUT2D eigenvalue weighted by Gasteiger charge is -2.03. The summed E-state index contributed by atoms with van der Waals surface area (Å²) in [5.74, 6) is -0.328. The molecule has 5 nitrogen and oxygen atoms in total. The first-order chi connectivity index (χ1) is 7.50. The van der Waals surface area contributed by atoms with E-state index in [0.29, 0.717) is 5.69 Å². The molecule has 0 saturated carbocycles. The van der Waals surface area contributed by atoms with E-state index in [1.54, 1.807) is 0 Å². The molecule has 2 aromatic heterocycles. The SMILES string of the molecule is Cc1ccc2c(C(N)C(=O)O)nc(C)n2c1. The summed E-state index contributed by atoms with van der Waals surface area (Å²) in [4.78, 5) is 15.1. The first kappa shape index (κ1) is 10.6. The predicted molar refractivity (Wildman–Crippen MR) is 59.2 cm³/mol. The summed E-state index contributed by atoms with van der Waals surface area (Å²) in [6.07, 6.45) is 1.91. The summed E-state index contributed by atoms with van der Waals surface area (Å²) in [5.41, 5.74) is 7.82. The average molecular weight is 219 g/mol. The minimum Gasteiger partial charge on any atom is -0.480 e. The zero-order chi connectivity index (χ0) is 11.9. The zero-order valence-electron chi connectivity index (χ0n) is 9.14. The van der Waals surface area contributed by atoms with E-state index < -0.39 is 12.0 Å². The van der Waals surface area contributed by atoms with Gasteiger partial charge >= 0.3 is 5.97 Å². The van der Waals surface area contributed by atoms with Gasteiger partial charge < -0.3 is 15.2 Å². The summed E-state index contributed by atoms with van der Waals surface area (Å²) in [6.45, 7) is 3.79. The van der Waals surface area contributed by atoms with Gasteiger partial charge in [0.05, 0.1) is 11.2 Å². The van der Waals surface area contributed by atoms with Crippen molar-refractivity contribution < 1.29 is 9.90 Å². The van der Waals surface area contributed by atoms with Gasteiger partial charge in [-0.2, -0.15) is 0 Å². The molecule has 5 heteroatoms. The quantitative estimate of drug-likeness (QED) is 0.790. The first-order valence-corrected chi connectivity index (χ1v) is 4.94. The Kier molecular flexibility index (Phi) is 2.40. The van der Waals surface area contributed by atoms with Gasteiger partial charge in [0.2, 0.25) is 0 Å². The van der Waals surface area contributed by atoms with Crippen molar-refractivity contribution in [1.29, 1.82) is 0 Å². The highest BCUT2D eigenvalue weighted by molar-refractivity contribution is 5.78. The van der Waals surface area contributed by atoms with Crippen LogP contribution in [0.15, 0.2) is 18.3 Å². The molecule has 0 aromatic carbocycles. The van der Waals surface area contributed by atoms with Gasteiger partial charge in [0.25, 0.3) is 0 Å². The van der Waals surface area contributed by atoms with Crippen molar-refractivity contribution in [1.82, 2.24) is 9.38 Å². The molecule has 0 spiro atoms. The number of aryl methyl sites for hydroxylation is 2. The molecule has 0 aliphatic carbocycles. The average Bonchev–Trinajstić information content (AvgIpc) is 2.55. The topological polar surface area (TPSA) is 80.6 Å². The van der Waals surface area contributed by atoms with E-state index in [4.69, 9.17) is 10.8 Å². The molecule has 84 valence electrons. The molecule has 0 radical (unpaired) electrons. The number of fused-ring (bicyclic) bond motifs is 1. The third kappa shape index (κ3) is 1.55. The number of hydrogen-bond acceptors (Lipinski definition) is 3. The summed E-state index contributed by atoms with van der Waals surface area (Å²) < 4.78 is 1.85. The van der Waals surface area contributed by atoms with Crippen LogP contribution in [0, 0.1) is 13.8 Å². The van der Waals surface area contributed by atoms with Crippen LogP contribution in [-0.2, 0) is 4.79 Å². The lowest BCUT2D eigenvalue weighted by molar-refractivity contribution is -0.138. The van der Waals surface area contributed by atoms with Crippen LogP contribution in [-0.4, -0.2) is 20.5 Å². The maximum absolute atomic E-state index is 10.8. The molecule has 2 aromatic rings. The van der Waals surface area contributed by atoms with Crippen LogP contribution in [0.2, 0.25) is 0 Å². The summed E-state index contributed by atoms with van der Waals surface area (Å²) in [7, 11) is 0. The van der Waals surface area contributed by atoms with E-state index in [1.165, 1.54) is 0 Å². The molecular weight excluding hydrogens is 206 g/mol. The van der Waals surface area contributed by atoms with Gasteiger partial charge in [0, 0.05) is 6.20 Å². The summed E-state index contributed by atoms with van der Waals surface area (Å²) in [5, 5.41) is 8.88. The largest absolute Gasteiger partial charge is 0.480 e. The van der Waals surface area contributed by atoms with E-state index >= 15 is 0 Å². The molecule has 1 atom stereocenters. The van der Waals surface area contributed by atoms with Gasteiger partial charge in [0.15, 0.2) is 0 Å². The Morgan fingerprint density at radius 2 is 2.19 bits per heavy atom. The third-order valence-corrected chi connectivity index (χ3v) is 2.55. The van der Waals surface area contributed by atoms with Gasteiger partial charge in [-0.3, -0.25) is 4.79 Å². The molecule has 0 saturated heterocycles. The monoisotopic (exact) mass is 219 g/mol. The second-order valence-corrected chi connectivity index (χ2v) is 3.82. The van der Waals surface area contributed by atoms with Crippen molar-refractivity contribution in [3.63, 3.8) is 0 Å². The molecule has 0 amide bonds. The Hall–Kier alpha value is -1.88. The highest BCUT2D eigenvalue weighted by Crippen LogP contribution is 2.19. The fourth-order valence-electron chi connectivity index (χ4n) is 1.71. The van der Waals surface area contributed by atoms with Crippen molar-refractivity contribution in [2.24, 2.45) is 5.73 Å². The second kappa shape index (κ2) is 3.61. The minimum atomic E-state index is -1.08. The Bertz CT molecular complexity index is 560. The molecule has 0 aliphatic heterocycles. The number of pyridine rings is 1. The number of aliphatic carboxylic acids is 1. The molecule has 0 bridgehead atoms. The number of aromatic nitrogens is 2. The van der Waals surface area contributed by atoms with Crippen LogP contribution in [0.1, 0.15) is 23.1 Å². The zero-order valence-corrected chi connectivity index (χ0v) is 9.14. The minimum absolute atomic E-state index is 0.407. The number of nitrogens with two attached hydrogens (primary N) is 1. The van der Waals surface area contributed by atoms with Crippen LogP contribution in [0.25, 0.3) is 5.52 Å². The van der Waals surface area contributed by atoms with Gasteiger partial charge in [-0.25, -0.2) is 4.98 Å². The third-order valence-electron chi connectivity index (χ3n) is 2.55. The Morgan fingerprint density at radius 3 is 2.81 bits per heavy atom. The Balaban J connectivity index is 2.68. The fourth-order valence-corrected chi connectivity index (χ4v) is 1.71. The lowest BCUT2D eigenvalue weighted by atomic mass is 10.2. The van der Waals surface area contributed by atoms with Crippen molar-refractivity contribution in [2.45, 2.75) is 19.9 Å². The van der Waals surface area contributed by atoms with Crippen molar-refractivity contribution in [3.05, 3.63) is 35.4 Å². The summed E-state index contributed by atoms with van der Waals surface area (Å²) in [6, 6.07) is 2.67. The van der Waals surface area contributed by atoms with Crippen LogP contribution in [0.3, 0.4) is 0 Å². The van der Waals surface area contributed by atoms with Crippen LogP contribution in [0.5, 0.6) is 0 Å². The fraction of sp³-hybridized carbons (Fsp3) is 0.273. The Morgan fingerprint density at radius 1 is 1.50 bits per heavy atom. The number of carbonyl (C=O) groups is 1. The number of hydrogen-bond donors (Lipinski definition) is 2. The van der Waals surface area contributed by atoms with E-state index in [9.17, 15) is 4.79 Å². The number of nitrogens with zero attached hydrogens (tertiary/aromatic N) is 2. The van der Waals surface area contributed by atoms with Gasteiger partial charge in [0.1, 0.15) is 11.9 Å². The van der Waals surface area contributed by atoms with Crippen LogP contribution < -0.4 is 5.73 Å². The molecule has 2 heterocycles. The van der Waals surface area contributed by atoms with E-state index in [1.807, 2.05) is 36.6 Å². The number of rotatable bonds is 2. The van der Waals surface area contributed by atoms with Crippen molar-refractivity contribution >= 4 is 11.5 Å². The van der Waals surface area contributed by atoms with Crippen molar-refractivity contribution in [3.8, 4) is 0 Å². The van der Waals surface area contributed by atoms with Gasteiger partial charge in [-0.15, -0.1) is 0 Å². The molecule has 16 heavy (non-hydrogen) atoms. The highest BCUT2D eigenvalue weighted by Gasteiger charge is 2.20. The van der Waals surface area contributed by atoms with Crippen molar-refractivity contribution in [2.75, 3.05) is 0 Å². The van der Waals surface area contributed by atoms with Gasteiger partial charge in [-0.1, -0.05) is 6.07 Å². The van der Waals surface area contributed by atoms with Crippen LogP contribution in [0.4, 0.5) is 0 Å². The number of carboxylic acids is 1. The van der Waals surface area contributed by atoms with Crippen LogP contribution >= 0.6 is 0 Å². The summed E-state index contributed by atoms with van der Waals surface area (Å²) >= 11 is 0. The molecule has 3 N–H and O–H groups in total. The van der Waals surface area contributed by atoms with E-state index in [0.717, 1.165) is 16.9 Å². The van der Waals surface area contributed by atoms with Gasteiger partial charge in [-0.05, 0) is 25.5 Å². The first-order valence-electron chi connectivity index (χ1n) is 4.94. The highest BCUT2D eigenvalue weighted by atomic mass is 16.4. The lowest BCUT2D eigenvalue weighted by Crippen LogP contribution is -2.21. The predicted octanol–water partition coefficient (Wildman–Crippen LogP) is 1.04. The molecule has 1 unspecified atom stereocenters. The maximum Gasteiger partial charge on any atom is 0.326 e. The number of imidazole rings is 1. The maximum atomic E-state index is 10.8. The molecule has 0 fully saturated rings. The standard InChI is InChI=1S/C11H13N3O2/c1-6-3-4-8-10(9(12)11(15)16)13-7(2)14(8)5-6/h3-5,9H,12H2,1-2H3,(H,15,16). The second-order valence-electron chi connectivity index (χ2n) is 3.82. The normalized spacial score (nSPS) is 12.9. The smallest absolute Gasteiger partial charge is 0.326 e. The molecular formula is C11H13N3O2. The molecule has 0 aliphatic rings. The Labute approximate surface area is 92.5 Å².